The first-order valence-electron chi connectivity index (χ1n) is 12.0. The summed E-state index contributed by atoms with van der Waals surface area (Å²) in [5.74, 6) is 0. The smallest absolute Gasteiger partial charge is 0.0702 e. The average molecular weight is 436 g/mol. The van der Waals surface area contributed by atoms with Gasteiger partial charge < -0.3 is 0 Å². The topological polar surface area (TPSA) is 12.9 Å². The fraction of sp³-hybridized carbons (Fsp3) is 0.121. The van der Waals surface area contributed by atoms with Crippen LogP contribution < -0.4 is 0 Å². The van der Waals surface area contributed by atoms with Crippen molar-refractivity contribution in [1.29, 1.82) is 0 Å². The van der Waals surface area contributed by atoms with Crippen LogP contribution in [0.2, 0.25) is 0 Å². The molecular formula is C33H25N. The fourth-order valence-electron chi connectivity index (χ4n) is 6.02. The van der Waals surface area contributed by atoms with E-state index in [9.17, 15) is 0 Å². The molecule has 0 bridgehead atoms. The van der Waals surface area contributed by atoms with E-state index in [2.05, 4.69) is 112 Å². The molecule has 0 saturated carbocycles. The Labute approximate surface area is 199 Å². The molecule has 5 aromatic carbocycles. The first-order chi connectivity index (χ1) is 16.5. The largest absolute Gasteiger partial charge is 0.256 e. The van der Waals surface area contributed by atoms with Gasteiger partial charge in [-0.1, -0.05) is 92.7 Å². The molecule has 34 heavy (non-hydrogen) atoms. The summed E-state index contributed by atoms with van der Waals surface area (Å²) < 4.78 is 0. The minimum absolute atomic E-state index is 0.0771. The lowest BCUT2D eigenvalue weighted by Crippen LogP contribution is -2.15. The van der Waals surface area contributed by atoms with Crippen molar-refractivity contribution in [3.05, 3.63) is 114 Å². The van der Waals surface area contributed by atoms with Crippen LogP contribution >= 0.6 is 0 Å². The lowest BCUT2D eigenvalue weighted by molar-refractivity contribution is 0.661. The maximum atomic E-state index is 4.70. The Balaban J connectivity index is 1.60. The van der Waals surface area contributed by atoms with Crippen LogP contribution in [0.1, 0.15) is 30.5 Å². The lowest BCUT2D eigenvalue weighted by atomic mass is 9.81. The Morgan fingerprint density at radius 3 is 1.94 bits per heavy atom. The van der Waals surface area contributed by atoms with Gasteiger partial charge in [-0.05, 0) is 79.2 Å². The average Bonchev–Trinajstić information content (AvgIpc) is 3.11. The summed E-state index contributed by atoms with van der Waals surface area (Å²) in [6.45, 7) is 6.80. The number of aromatic nitrogens is 1. The molecule has 0 atom stereocenters. The zero-order valence-corrected chi connectivity index (χ0v) is 19.7. The molecular weight excluding hydrogens is 410 g/mol. The molecule has 1 heteroatoms. The Morgan fingerprint density at radius 1 is 0.618 bits per heavy atom. The SMILES string of the molecule is Cc1ccc(-c2ccc3c(c2)C(C)(C)c2ccc4c5ccccc5c5ccccc5c4c2-3)nc1. The zero-order chi connectivity index (χ0) is 23.0. The third-order valence-electron chi connectivity index (χ3n) is 7.75. The maximum absolute atomic E-state index is 4.70. The number of hydrogen-bond acceptors (Lipinski definition) is 1. The summed E-state index contributed by atoms with van der Waals surface area (Å²) >= 11 is 0. The summed E-state index contributed by atoms with van der Waals surface area (Å²) in [4.78, 5) is 4.70. The number of aryl methyl sites for hydroxylation is 1. The molecule has 1 aromatic heterocycles. The monoisotopic (exact) mass is 435 g/mol. The number of pyridine rings is 1. The molecule has 0 spiro atoms. The molecule has 1 heterocycles. The Kier molecular flexibility index (Phi) is 3.88. The van der Waals surface area contributed by atoms with Gasteiger partial charge in [-0.15, -0.1) is 0 Å². The molecule has 0 saturated heterocycles. The van der Waals surface area contributed by atoms with E-state index < -0.39 is 0 Å². The molecule has 1 nitrogen and oxygen atoms in total. The van der Waals surface area contributed by atoms with Gasteiger partial charge in [0, 0.05) is 17.2 Å². The van der Waals surface area contributed by atoms with Gasteiger partial charge in [-0.25, -0.2) is 0 Å². The maximum Gasteiger partial charge on any atom is 0.0702 e. The van der Waals surface area contributed by atoms with Crippen molar-refractivity contribution in [3.63, 3.8) is 0 Å². The highest BCUT2D eigenvalue weighted by Gasteiger charge is 2.37. The Hall–Kier alpha value is -3.97. The molecule has 0 fully saturated rings. The van der Waals surface area contributed by atoms with E-state index in [0.29, 0.717) is 0 Å². The highest BCUT2D eigenvalue weighted by Crippen LogP contribution is 2.54. The predicted octanol–water partition coefficient (Wildman–Crippen LogP) is 8.82. The van der Waals surface area contributed by atoms with E-state index in [1.807, 2.05) is 6.20 Å². The van der Waals surface area contributed by atoms with Crippen LogP contribution in [0.5, 0.6) is 0 Å². The van der Waals surface area contributed by atoms with Crippen molar-refractivity contribution >= 4 is 32.3 Å². The van der Waals surface area contributed by atoms with Gasteiger partial charge in [-0.2, -0.15) is 0 Å². The molecule has 1 aliphatic carbocycles. The van der Waals surface area contributed by atoms with Crippen molar-refractivity contribution < 1.29 is 0 Å². The van der Waals surface area contributed by atoms with Gasteiger partial charge in [-0.3, -0.25) is 4.98 Å². The van der Waals surface area contributed by atoms with Crippen LogP contribution in [0.3, 0.4) is 0 Å². The van der Waals surface area contributed by atoms with Crippen LogP contribution in [0.4, 0.5) is 0 Å². The summed E-state index contributed by atoms with van der Waals surface area (Å²) in [6, 6.07) is 33.6. The molecule has 0 radical (unpaired) electrons. The molecule has 0 N–H and O–H groups in total. The number of hydrogen-bond donors (Lipinski definition) is 0. The Morgan fingerprint density at radius 2 is 1.26 bits per heavy atom. The van der Waals surface area contributed by atoms with Gasteiger partial charge in [0.25, 0.3) is 0 Å². The highest BCUT2D eigenvalue weighted by molar-refractivity contribution is 6.29. The van der Waals surface area contributed by atoms with Crippen molar-refractivity contribution in [1.82, 2.24) is 4.98 Å². The lowest BCUT2D eigenvalue weighted by Gasteiger charge is -2.22. The number of rotatable bonds is 1. The van der Waals surface area contributed by atoms with E-state index in [-0.39, 0.29) is 5.41 Å². The highest BCUT2D eigenvalue weighted by atomic mass is 14.7. The van der Waals surface area contributed by atoms with Crippen LogP contribution in [0, 0.1) is 6.92 Å². The first kappa shape index (κ1) is 19.5. The van der Waals surface area contributed by atoms with E-state index in [4.69, 9.17) is 4.98 Å². The minimum atomic E-state index is -0.0771. The van der Waals surface area contributed by atoms with E-state index in [1.54, 1.807) is 0 Å². The van der Waals surface area contributed by atoms with Gasteiger partial charge in [0.05, 0.1) is 5.69 Å². The summed E-state index contributed by atoms with van der Waals surface area (Å²) in [5.41, 5.74) is 8.84. The van der Waals surface area contributed by atoms with Crippen LogP contribution in [0.25, 0.3) is 54.7 Å². The molecule has 6 aromatic rings. The van der Waals surface area contributed by atoms with Crippen LogP contribution in [0.15, 0.2) is 97.2 Å². The first-order valence-corrected chi connectivity index (χ1v) is 12.0. The fourth-order valence-corrected chi connectivity index (χ4v) is 6.02. The van der Waals surface area contributed by atoms with Crippen molar-refractivity contribution in [2.24, 2.45) is 0 Å². The molecule has 1 aliphatic rings. The van der Waals surface area contributed by atoms with Gasteiger partial charge in [0.15, 0.2) is 0 Å². The van der Waals surface area contributed by atoms with Gasteiger partial charge >= 0.3 is 0 Å². The second-order valence-electron chi connectivity index (χ2n) is 10.1. The standard InChI is InChI=1S/C33H25N/c1-20-12-17-30(34-19-20)21-13-14-27-29(18-21)33(2,3)28-16-15-26-24-10-5-4-8-22(24)23-9-6-7-11-25(23)31(26)32(27)28/h4-19H,1-3H3. The normalized spacial score (nSPS) is 14.0. The quantitative estimate of drug-likeness (QED) is 0.235. The Bertz CT molecular complexity index is 1740. The second-order valence-corrected chi connectivity index (χ2v) is 10.1. The number of benzene rings is 5. The molecule has 0 amide bonds. The van der Waals surface area contributed by atoms with Crippen LogP contribution in [-0.2, 0) is 5.41 Å². The molecule has 162 valence electrons. The summed E-state index contributed by atoms with van der Waals surface area (Å²) in [7, 11) is 0. The summed E-state index contributed by atoms with van der Waals surface area (Å²) in [6.07, 6.45) is 1.95. The third kappa shape index (κ3) is 2.53. The molecule has 0 aliphatic heterocycles. The van der Waals surface area contributed by atoms with Crippen molar-refractivity contribution in [2.45, 2.75) is 26.2 Å². The van der Waals surface area contributed by atoms with Gasteiger partial charge in [0.2, 0.25) is 0 Å². The number of fused-ring (bicyclic) bond motifs is 10. The second kappa shape index (κ2) is 6.77. The molecule has 7 rings (SSSR count). The van der Waals surface area contributed by atoms with Crippen molar-refractivity contribution in [2.75, 3.05) is 0 Å². The molecule has 0 unspecified atom stereocenters. The van der Waals surface area contributed by atoms with E-state index in [1.165, 1.54) is 65.7 Å². The van der Waals surface area contributed by atoms with Crippen molar-refractivity contribution in [3.8, 4) is 22.4 Å². The van der Waals surface area contributed by atoms with Gasteiger partial charge in [0.1, 0.15) is 0 Å². The van der Waals surface area contributed by atoms with Crippen LogP contribution in [-0.4, -0.2) is 4.98 Å². The van der Waals surface area contributed by atoms with E-state index in [0.717, 1.165) is 5.69 Å². The third-order valence-corrected chi connectivity index (χ3v) is 7.75. The number of nitrogens with zero attached hydrogens (tertiary/aromatic N) is 1. The summed E-state index contributed by atoms with van der Waals surface area (Å²) in [5, 5.41) is 8.02. The van der Waals surface area contributed by atoms with E-state index >= 15 is 0 Å². The predicted molar refractivity (Wildman–Crippen MR) is 144 cm³/mol. The zero-order valence-electron chi connectivity index (χ0n) is 19.7. The minimum Gasteiger partial charge on any atom is -0.256 e.